The molecule has 0 saturated heterocycles. The van der Waals surface area contributed by atoms with Crippen molar-refractivity contribution in [2.45, 2.75) is 12.9 Å². The Morgan fingerprint density at radius 3 is 2.80 bits per heavy atom. The summed E-state index contributed by atoms with van der Waals surface area (Å²) >= 11 is 0. The number of anilines is 1. The van der Waals surface area contributed by atoms with Crippen LogP contribution in [0.4, 0.5) is 5.69 Å². The summed E-state index contributed by atoms with van der Waals surface area (Å²) in [7, 11) is 0. The summed E-state index contributed by atoms with van der Waals surface area (Å²) in [5, 5.41) is 11.9. The van der Waals surface area contributed by atoms with Gasteiger partial charge in [0, 0.05) is 6.07 Å². The van der Waals surface area contributed by atoms with Crippen LogP contribution in [0.5, 0.6) is 11.5 Å². The third kappa shape index (κ3) is 2.57. The number of carbonyl (C=O) groups excluding carboxylic acids is 1. The Labute approximate surface area is 115 Å². The first kappa shape index (κ1) is 12.5. The minimum Gasteiger partial charge on any atom is -0.489 e. The van der Waals surface area contributed by atoms with E-state index in [4.69, 9.17) is 9.47 Å². The zero-order valence-corrected chi connectivity index (χ0v) is 10.6. The molecule has 1 amide bonds. The number of carbonyl (C=O) groups is 1. The Hall–Kier alpha value is -2.53. The van der Waals surface area contributed by atoms with Crippen LogP contribution in [0.15, 0.2) is 48.5 Å². The minimum atomic E-state index is -1.48. The molecule has 0 aromatic heterocycles. The number of hydrogen-bond donors (Lipinski definition) is 2. The van der Waals surface area contributed by atoms with E-state index >= 15 is 0 Å². The van der Waals surface area contributed by atoms with Gasteiger partial charge in [0.15, 0.2) is 5.75 Å². The number of hydrogen-bond acceptors (Lipinski definition) is 4. The van der Waals surface area contributed by atoms with E-state index in [0.717, 1.165) is 5.56 Å². The largest absolute Gasteiger partial charge is 0.489 e. The molecule has 2 N–H and O–H groups in total. The van der Waals surface area contributed by atoms with Crippen LogP contribution < -0.4 is 14.8 Å². The van der Waals surface area contributed by atoms with Crippen molar-refractivity contribution < 1.29 is 19.4 Å². The molecule has 2 aromatic rings. The SMILES string of the molecule is O=C1Nc2ccc(OCc3ccccc3)cc2OC1O. The molecular formula is C15H13NO4. The van der Waals surface area contributed by atoms with Crippen molar-refractivity contribution in [1.29, 1.82) is 0 Å². The van der Waals surface area contributed by atoms with Crippen LogP contribution in [0.3, 0.4) is 0 Å². The van der Waals surface area contributed by atoms with E-state index in [0.29, 0.717) is 23.8 Å². The summed E-state index contributed by atoms with van der Waals surface area (Å²) in [5.41, 5.74) is 1.58. The number of fused-ring (bicyclic) bond motifs is 1. The van der Waals surface area contributed by atoms with Gasteiger partial charge in [-0.1, -0.05) is 30.3 Å². The topological polar surface area (TPSA) is 67.8 Å². The number of ether oxygens (including phenoxy) is 2. The van der Waals surface area contributed by atoms with Gasteiger partial charge in [-0.25, -0.2) is 0 Å². The molecule has 3 rings (SSSR count). The van der Waals surface area contributed by atoms with Gasteiger partial charge in [-0.15, -0.1) is 0 Å². The number of amides is 1. The van der Waals surface area contributed by atoms with E-state index in [2.05, 4.69) is 5.32 Å². The maximum absolute atomic E-state index is 11.2. The van der Waals surface area contributed by atoms with Crippen LogP contribution in [-0.2, 0) is 11.4 Å². The average molecular weight is 271 g/mol. The fourth-order valence-corrected chi connectivity index (χ4v) is 1.90. The van der Waals surface area contributed by atoms with Gasteiger partial charge in [-0.05, 0) is 17.7 Å². The highest BCUT2D eigenvalue weighted by Crippen LogP contribution is 2.33. The first-order valence-corrected chi connectivity index (χ1v) is 6.19. The number of aliphatic hydroxyl groups is 1. The van der Waals surface area contributed by atoms with Crippen molar-refractivity contribution in [2.75, 3.05) is 5.32 Å². The van der Waals surface area contributed by atoms with Crippen molar-refractivity contribution in [3.63, 3.8) is 0 Å². The van der Waals surface area contributed by atoms with Crippen LogP contribution >= 0.6 is 0 Å². The van der Waals surface area contributed by atoms with Crippen LogP contribution in [-0.4, -0.2) is 17.3 Å². The highest BCUT2D eigenvalue weighted by atomic mass is 16.6. The fraction of sp³-hybridized carbons (Fsp3) is 0.133. The Morgan fingerprint density at radius 2 is 2.00 bits per heavy atom. The Bertz CT molecular complexity index is 627. The number of nitrogens with one attached hydrogen (secondary N) is 1. The van der Waals surface area contributed by atoms with Gasteiger partial charge in [0.25, 0.3) is 12.2 Å². The molecule has 1 atom stereocenters. The quantitative estimate of drug-likeness (QED) is 0.895. The lowest BCUT2D eigenvalue weighted by Crippen LogP contribution is -2.36. The van der Waals surface area contributed by atoms with Gasteiger partial charge in [-0.2, -0.15) is 0 Å². The second-order valence-corrected chi connectivity index (χ2v) is 4.39. The van der Waals surface area contributed by atoms with E-state index in [9.17, 15) is 9.90 Å². The van der Waals surface area contributed by atoms with Crippen molar-refractivity contribution in [3.8, 4) is 11.5 Å². The highest BCUT2D eigenvalue weighted by Gasteiger charge is 2.25. The number of benzene rings is 2. The third-order valence-electron chi connectivity index (χ3n) is 2.92. The lowest BCUT2D eigenvalue weighted by Gasteiger charge is -2.22. The molecule has 2 aromatic carbocycles. The summed E-state index contributed by atoms with van der Waals surface area (Å²) in [6.07, 6.45) is -1.48. The van der Waals surface area contributed by atoms with Gasteiger partial charge in [0.1, 0.15) is 12.4 Å². The predicted octanol–water partition coefficient (Wildman–Crippen LogP) is 1.91. The monoisotopic (exact) mass is 271 g/mol. The predicted molar refractivity (Wildman–Crippen MR) is 72.5 cm³/mol. The molecule has 102 valence electrons. The van der Waals surface area contributed by atoms with Crippen LogP contribution in [0, 0.1) is 0 Å². The maximum atomic E-state index is 11.2. The summed E-state index contributed by atoms with van der Waals surface area (Å²) in [5.74, 6) is 0.425. The maximum Gasteiger partial charge on any atom is 0.293 e. The molecule has 0 radical (unpaired) electrons. The smallest absolute Gasteiger partial charge is 0.293 e. The van der Waals surface area contributed by atoms with Gasteiger partial charge in [-0.3, -0.25) is 4.79 Å². The molecule has 0 aliphatic carbocycles. The third-order valence-corrected chi connectivity index (χ3v) is 2.92. The standard InChI is InChI=1S/C15H13NO4/c17-14-15(18)20-13-8-11(6-7-12(13)16-14)19-9-10-4-2-1-3-5-10/h1-8,15,18H,9H2,(H,16,17). The molecule has 1 aliphatic heterocycles. The summed E-state index contributed by atoms with van der Waals surface area (Å²) in [6, 6.07) is 14.8. The second kappa shape index (κ2) is 5.22. The van der Waals surface area contributed by atoms with Gasteiger partial charge in [0.2, 0.25) is 0 Å². The molecule has 20 heavy (non-hydrogen) atoms. The Kier molecular flexibility index (Phi) is 3.26. The first-order valence-electron chi connectivity index (χ1n) is 6.19. The van der Waals surface area contributed by atoms with Crippen molar-refractivity contribution in [2.24, 2.45) is 0 Å². The highest BCUT2D eigenvalue weighted by molar-refractivity contribution is 5.96. The van der Waals surface area contributed by atoms with Gasteiger partial charge in [0.05, 0.1) is 5.69 Å². The van der Waals surface area contributed by atoms with Crippen molar-refractivity contribution in [3.05, 3.63) is 54.1 Å². The molecule has 5 nitrogen and oxygen atoms in total. The van der Waals surface area contributed by atoms with Crippen LogP contribution in [0.2, 0.25) is 0 Å². The van der Waals surface area contributed by atoms with Crippen LogP contribution in [0.25, 0.3) is 0 Å². The second-order valence-electron chi connectivity index (χ2n) is 4.39. The lowest BCUT2D eigenvalue weighted by molar-refractivity contribution is -0.139. The van der Waals surface area contributed by atoms with Crippen LogP contribution in [0.1, 0.15) is 5.56 Å². The molecule has 0 spiro atoms. The van der Waals surface area contributed by atoms with Gasteiger partial charge < -0.3 is 19.9 Å². The molecular weight excluding hydrogens is 258 g/mol. The lowest BCUT2D eigenvalue weighted by atomic mass is 10.2. The summed E-state index contributed by atoms with van der Waals surface area (Å²) in [4.78, 5) is 11.2. The molecule has 1 unspecified atom stereocenters. The fourth-order valence-electron chi connectivity index (χ4n) is 1.90. The normalized spacial score (nSPS) is 16.9. The molecule has 0 saturated carbocycles. The Balaban J connectivity index is 1.73. The number of aliphatic hydroxyl groups excluding tert-OH is 1. The van der Waals surface area contributed by atoms with E-state index in [-0.39, 0.29) is 0 Å². The minimum absolute atomic E-state index is 0.391. The molecule has 1 aliphatic rings. The first-order chi connectivity index (χ1) is 9.72. The number of rotatable bonds is 3. The molecule has 1 heterocycles. The van der Waals surface area contributed by atoms with E-state index in [1.165, 1.54) is 0 Å². The Morgan fingerprint density at radius 1 is 1.20 bits per heavy atom. The van der Waals surface area contributed by atoms with Crippen molar-refractivity contribution in [1.82, 2.24) is 0 Å². The average Bonchev–Trinajstić information content (AvgIpc) is 2.47. The molecule has 0 fully saturated rings. The summed E-state index contributed by atoms with van der Waals surface area (Å²) < 4.78 is 10.7. The van der Waals surface area contributed by atoms with E-state index in [1.807, 2.05) is 30.3 Å². The summed E-state index contributed by atoms with van der Waals surface area (Å²) in [6.45, 7) is 0.439. The molecule has 0 bridgehead atoms. The van der Waals surface area contributed by atoms with E-state index < -0.39 is 12.2 Å². The van der Waals surface area contributed by atoms with Gasteiger partial charge >= 0.3 is 0 Å². The van der Waals surface area contributed by atoms with E-state index in [1.54, 1.807) is 18.2 Å². The zero-order chi connectivity index (χ0) is 13.9. The zero-order valence-electron chi connectivity index (χ0n) is 10.6. The van der Waals surface area contributed by atoms with Crippen molar-refractivity contribution >= 4 is 11.6 Å². The molecule has 5 heteroatoms.